The molecule has 0 radical (unpaired) electrons. The second kappa shape index (κ2) is 9.99. The van der Waals surface area contributed by atoms with Crippen LogP contribution >= 0.6 is 0 Å². The molecule has 5 rings (SSSR count). The summed E-state index contributed by atoms with van der Waals surface area (Å²) in [5, 5.41) is 16.1. The topological polar surface area (TPSA) is 74.3 Å². The van der Waals surface area contributed by atoms with Crippen molar-refractivity contribution in [3.05, 3.63) is 114 Å². The molecule has 1 heterocycles. The first-order valence-electron chi connectivity index (χ1n) is 11.5. The van der Waals surface area contributed by atoms with Crippen molar-refractivity contribution in [1.82, 2.24) is 10.3 Å². The van der Waals surface area contributed by atoms with Gasteiger partial charge in [-0.3, -0.25) is 10.1 Å². The van der Waals surface area contributed by atoms with Crippen LogP contribution in [0.25, 0.3) is 21.7 Å². The Labute approximate surface area is 202 Å². The second-order valence-electron chi connectivity index (χ2n) is 8.48. The Hall–Kier alpha value is -4.16. The number of carboxylic acid groups (broad SMARTS) is 1. The number of fused-ring (bicyclic) bond motifs is 2. The Morgan fingerprint density at radius 3 is 2.49 bits per heavy atom. The average Bonchev–Trinajstić information content (AvgIpc) is 3.29. The summed E-state index contributed by atoms with van der Waals surface area (Å²) in [5.74, 6) is -0.655. The summed E-state index contributed by atoms with van der Waals surface area (Å²) in [6, 6.07) is 25.2. The van der Waals surface area contributed by atoms with Crippen LogP contribution in [0.15, 0.2) is 91.1 Å². The highest BCUT2D eigenvalue weighted by Crippen LogP contribution is 2.29. The van der Waals surface area contributed by atoms with Gasteiger partial charge in [-0.2, -0.15) is 0 Å². The molecule has 1 aromatic heterocycles. The van der Waals surface area contributed by atoms with Crippen molar-refractivity contribution in [2.45, 2.75) is 25.6 Å². The number of ether oxygens (including phenoxy) is 1. The van der Waals surface area contributed by atoms with Crippen LogP contribution in [0, 0.1) is 5.82 Å². The number of aromatic nitrogens is 1. The highest BCUT2D eigenvalue weighted by molar-refractivity contribution is 5.88. The summed E-state index contributed by atoms with van der Waals surface area (Å²) in [6.07, 6.45) is 2.19. The van der Waals surface area contributed by atoms with E-state index in [2.05, 4.69) is 10.3 Å². The second-order valence-corrected chi connectivity index (χ2v) is 8.48. The molecule has 0 unspecified atom stereocenters. The molecule has 5 nitrogen and oxygen atoms in total. The summed E-state index contributed by atoms with van der Waals surface area (Å²) < 4.78 is 20.2. The van der Waals surface area contributed by atoms with Gasteiger partial charge in [0.2, 0.25) is 0 Å². The van der Waals surface area contributed by atoms with Gasteiger partial charge in [0.1, 0.15) is 24.2 Å². The quantitative estimate of drug-likeness (QED) is 0.255. The molecule has 0 aliphatic rings. The largest absolute Gasteiger partial charge is 0.488 e. The van der Waals surface area contributed by atoms with Gasteiger partial charge in [0.25, 0.3) is 0 Å². The van der Waals surface area contributed by atoms with Gasteiger partial charge in [0, 0.05) is 41.2 Å². The van der Waals surface area contributed by atoms with Gasteiger partial charge >= 0.3 is 5.97 Å². The molecule has 0 aliphatic heterocycles. The molecule has 176 valence electrons. The maximum Gasteiger partial charge on any atom is 0.321 e. The zero-order chi connectivity index (χ0) is 24.2. The van der Waals surface area contributed by atoms with Gasteiger partial charge in [-0.15, -0.1) is 0 Å². The molecule has 0 aliphatic carbocycles. The predicted molar refractivity (Wildman–Crippen MR) is 135 cm³/mol. The normalized spacial score (nSPS) is 12.1. The number of hydrogen-bond acceptors (Lipinski definition) is 3. The Morgan fingerprint density at radius 1 is 0.914 bits per heavy atom. The van der Waals surface area contributed by atoms with E-state index in [1.807, 2.05) is 66.9 Å². The van der Waals surface area contributed by atoms with Crippen molar-refractivity contribution in [3.63, 3.8) is 0 Å². The van der Waals surface area contributed by atoms with Crippen LogP contribution in [0.5, 0.6) is 5.75 Å². The lowest BCUT2D eigenvalue weighted by atomic mass is 10.0. The van der Waals surface area contributed by atoms with Crippen LogP contribution < -0.4 is 10.1 Å². The minimum atomic E-state index is -0.927. The first-order valence-corrected chi connectivity index (χ1v) is 11.5. The molecule has 3 N–H and O–H groups in total. The van der Waals surface area contributed by atoms with Crippen molar-refractivity contribution in [2.75, 3.05) is 0 Å². The number of para-hydroxylation sites is 1. The van der Waals surface area contributed by atoms with Gasteiger partial charge in [-0.1, -0.05) is 66.7 Å². The third kappa shape index (κ3) is 4.88. The van der Waals surface area contributed by atoms with Crippen molar-refractivity contribution < 1.29 is 19.0 Å². The lowest BCUT2D eigenvalue weighted by Crippen LogP contribution is -2.38. The molecule has 5 aromatic rings. The summed E-state index contributed by atoms with van der Waals surface area (Å²) in [7, 11) is 0. The molecule has 0 fully saturated rings. The van der Waals surface area contributed by atoms with Crippen molar-refractivity contribution >= 4 is 27.6 Å². The van der Waals surface area contributed by atoms with E-state index in [4.69, 9.17) is 4.74 Å². The molecule has 35 heavy (non-hydrogen) atoms. The van der Waals surface area contributed by atoms with E-state index in [0.717, 1.165) is 32.8 Å². The van der Waals surface area contributed by atoms with Crippen LogP contribution in [0.1, 0.15) is 16.7 Å². The molecule has 0 amide bonds. The Balaban J connectivity index is 1.40. The molecule has 6 heteroatoms. The minimum Gasteiger partial charge on any atom is -0.488 e. The number of aromatic amines is 1. The maximum absolute atomic E-state index is 14.1. The van der Waals surface area contributed by atoms with Crippen molar-refractivity contribution in [2.24, 2.45) is 0 Å². The monoisotopic (exact) mass is 468 g/mol. The van der Waals surface area contributed by atoms with Crippen LogP contribution in [-0.2, 0) is 24.4 Å². The number of nitrogens with one attached hydrogen (secondary N) is 2. The maximum atomic E-state index is 14.1. The molecule has 0 saturated heterocycles. The fraction of sp³-hybridized carbons (Fsp3) is 0.138. The first-order chi connectivity index (χ1) is 17.1. The van der Waals surface area contributed by atoms with E-state index in [0.29, 0.717) is 17.7 Å². The number of halogens is 1. The number of H-pyrrole nitrogens is 1. The van der Waals surface area contributed by atoms with Gasteiger partial charge in [0.15, 0.2) is 0 Å². The van der Waals surface area contributed by atoms with Crippen molar-refractivity contribution in [1.29, 1.82) is 0 Å². The molecule has 4 aromatic carbocycles. The third-order valence-electron chi connectivity index (χ3n) is 6.26. The Kier molecular flexibility index (Phi) is 6.46. The standard InChI is InChI=1S/C29H25FN2O3/c30-25-11-5-2-8-20(25)18-35-28-14-13-19-7-1-3-9-22(19)24(28)17-32-27(29(33)34)15-21-16-31-26-12-6-4-10-23(21)26/h1-14,16,27,31-32H,15,17-18H2,(H,33,34)/t27-/m1/s1. The Morgan fingerprint density at radius 2 is 1.66 bits per heavy atom. The predicted octanol–water partition coefficient (Wildman–Crippen LogP) is 5.82. The van der Waals surface area contributed by atoms with Gasteiger partial charge in [-0.25, -0.2) is 4.39 Å². The average molecular weight is 469 g/mol. The lowest BCUT2D eigenvalue weighted by Gasteiger charge is -2.18. The number of carbonyl (C=O) groups is 1. The number of hydrogen-bond donors (Lipinski definition) is 3. The molecule has 1 atom stereocenters. The SMILES string of the molecule is O=C(O)[C@@H](Cc1c[nH]c2ccccc12)NCc1c(OCc2ccccc2F)ccc2ccccc12. The van der Waals surface area contributed by atoms with Gasteiger partial charge in [0.05, 0.1) is 0 Å². The summed E-state index contributed by atoms with van der Waals surface area (Å²) >= 11 is 0. The van der Waals surface area contributed by atoms with E-state index in [-0.39, 0.29) is 19.0 Å². The molecule has 0 saturated carbocycles. The summed E-state index contributed by atoms with van der Waals surface area (Å²) in [5.41, 5.74) is 3.21. The molecular formula is C29H25FN2O3. The minimum absolute atomic E-state index is 0.0791. The van der Waals surface area contributed by atoms with Crippen LogP contribution in [-0.4, -0.2) is 22.1 Å². The van der Waals surface area contributed by atoms with Gasteiger partial charge < -0.3 is 14.8 Å². The number of carboxylic acids is 1. The summed E-state index contributed by atoms with van der Waals surface area (Å²) in [4.78, 5) is 15.3. The zero-order valence-corrected chi connectivity index (χ0v) is 19.0. The first kappa shape index (κ1) is 22.6. The highest BCUT2D eigenvalue weighted by atomic mass is 19.1. The van der Waals surface area contributed by atoms with E-state index < -0.39 is 12.0 Å². The van der Waals surface area contributed by atoms with E-state index >= 15 is 0 Å². The van der Waals surface area contributed by atoms with Crippen LogP contribution in [0.3, 0.4) is 0 Å². The molecule has 0 bridgehead atoms. The zero-order valence-electron chi connectivity index (χ0n) is 19.0. The molecule has 0 spiro atoms. The van der Waals surface area contributed by atoms with E-state index in [1.165, 1.54) is 6.07 Å². The Bertz CT molecular complexity index is 1490. The smallest absolute Gasteiger partial charge is 0.321 e. The number of benzene rings is 4. The van der Waals surface area contributed by atoms with E-state index in [9.17, 15) is 14.3 Å². The molecular weight excluding hydrogens is 443 g/mol. The lowest BCUT2D eigenvalue weighted by molar-refractivity contribution is -0.139. The summed E-state index contributed by atoms with van der Waals surface area (Å²) in [6.45, 7) is 0.364. The van der Waals surface area contributed by atoms with Crippen LogP contribution in [0.2, 0.25) is 0 Å². The van der Waals surface area contributed by atoms with E-state index in [1.54, 1.807) is 18.2 Å². The van der Waals surface area contributed by atoms with Crippen molar-refractivity contribution in [3.8, 4) is 5.75 Å². The third-order valence-corrected chi connectivity index (χ3v) is 6.26. The van der Waals surface area contributed by atoms with Crippen LogP contribution in [0.4, 0.5) is 4.39 Å². The highest BCUT2D eigenvalue weighted by Gasteiger charge is 2.21. The van der Waals surface area contributed by atoms with Gasteiger partial charge in [-0.05, 0) is 34.5 Å². The number of rotatable bonds is 9. The number of aliphatic carboxylic acids is 1. The fourth-order valence-corrected chi connectivity index (χ4v) is 4.40. The fourth-order valence-electron chi connectivity index (χ4n) is 4.40.